The summed E-state index contributed by atoms with van der Waals surface area (Å²) in [5, 5.41) is 3.05. The first-order valence-electron chi connectivity index (χ1n) is 6.69. The summed E-state index contributed by atoms with van der Waals surface area (Å²) >= 11 is 0. The minimum Gasteiger partial charge on any atom is -0.373 e. The van der Waals surface area contributed by atoms with Crippen LogP contribution in [0.1, 0.15) is 19.8 Å². The molecule has 1 aromatic heterocycles. The van der Waals surface area contributed by atoms with Crippen molar-refractivity contribution in [2.24, 2.45) is 0 Å². The number of aromatic nitrogens is 2. The highest BCUT2D eigenvalue weighted by molar-refractivity contribution is 5.47. The van der Waals surface area contributed by atoms with Crippen LogP contribution in [0.2, 0.25) is 0 Å². The van der Waals surface area contributed by atoms with Crippen LogP contribution in [-0.2, 0) is 0 Å². The van der Waals surface area contributed by atoms with Crippen LogP contribution in [0, 0.1) is 0 Å². The predicted molar refractivity (Wildman–Crippen MR) is 75.1 cm³/mol. The second kappa shape index (κ2) is 6.00. The molecule has 0 radical (unpaired) electrons. The minimum absolute atomic E-state index is 0.660. The second-order valence-electron chi connectivity index (χ2n) is 4.82. The number of hydrogen-bond donors (Lipinski definition) is 1. The number of likely N-dealkylation sites (N-methyl/N-ethyl adjacent to an activating group) is 2. The van der Waals surface area contributed by atoms with E-state index in [1.807, 2.05) is 13.1 Å². The summed E-state index contributed by atoms with van der Waals surface area (Å²) in [4.78, 5) is 13.3. The van der Waals surface area contributed by atoms with Gasteiger partial charge in [0.25, 0.3) is 0 Å². The average molecular weight is 249 g/mol. The van der Waals surface area contributed by atoms with E-state index < -0.39 is 0 Å². The lowest BCUT2D eigenvalue weighted by molar-refractivity contribution is 0.270. The van der Waals surface area contributed by atoms with Crippen LogP contribution in [0.25, 0.3) is 0 Å². The van der Waals surface area contributed by atoms with Crippen molar-refractivity contribution in [1.82, 2.24) is 14.9 Å². The zero-order chi connectivity index (χ0) is 13.0. The molecule has 18 heavy (non-hydrogen) atoms. The van der Waals surface area contributed by atoms with Crippen molar-refractivity contribution in [2.45, 2.75) is 25.8 Å². The largest absolute Gasteiger partial charge is 0.373 e. The molecule has 1 aliphatic heterocycles. The van der Waals surface area contributed by atoms with Crippen LogP contribution in [0.3, 0.4) is 0 Å². The van der Waals surface area contributed by atoms with Gasteiger partial charge in [0.1, 0.15) is 18.0 Å². The molecule has 1 aromatic rings. The van der Waals surface area contributed by atoms with Crippen LogP contribution in [0.5, 0.6) is 0 Å². The summed E-state index contributed by atoms with van der Waals surface area (Å²) in [6.07, 6.45) is 4.23. The lowest BCUT2D eigenvalue weighted by atomic mass is 10.2. The maximum atomic E-state index is 4.34. The van der Waals surface area contributed by atoms with E-state index in [2.05, 4.69) is 39.1 Å². The van der Waals surface area contributed by atoms with Crippen LogP contribution < -0.4 is 10.2 Å². The van der Waals surface area contributed by atoms with Gasteiger partial charge in [-0.15, -0.1) is 0 Å². The smallest absolute Gasteiger partial charge is 0.133 e. The maximum absolute atomic E-state index is 4.34. The predicted octanol–water partition coefficient (Wildman–Crippen LogP) is 1.44. The standard InChI is InChI=1S/C13H23N5/c1-4-18-7-5-6-11(18)9-17(3)13-8-12(14-2)15-10-16-13/h8,10-11H,4-7,9H2,1-3H3,(H,14,15,16). The van der Waals surface area contributed by atoms with Crippen molar-refractivity contribution in [1.29, 1.82) is 0 Å². The Bertz CT molecular complexity index is 381. The minimum atomic E-state index is 0.660. The number of hydrogen-bond acceptors (Lipinski definition) is 5. The summed E-state index contributed by atoms with van der Waals surface area (Å²) in [5.41, 5.74) is 0. The number of likely N-dealkylation sites (tertiary alicyclic amines) is 1. The number of rotatable bonds is 5. The van der Waals surface area contributed by atoms with Gasteiger partial charge in [-0.2, -0.15) is 0 Å². The summed E-state index contributed by atoms with van der Waals surface area (Å²) in [6, 6.07) is 2.65. The van der Waals surface area contributed by atoms with Crippen LogP contribution >= 0.6 is 0 Å². The number of nitrogens with one attached hydrogen (secondary N) is 1. The molecule has 0 saturated carbocycles. The van der Waals surface area contributed by atoms with E-state index in [9.17, 15) is 0 Å². The molecule has 1 aliphatic rings. The third-order valence-electron chi connectivity index (χ3n) is 3.69. The van der Waals surface area contributed by atoms with E-state index in [4.69, 9.17) is 0 Å². The van der Waals surface area contributed by atoms with E-state index in [-0.39, 0.29) is 0 Å². The first kappa shape index (κ1) is 13.1. The Hall–Kier alpha value is -1.36. The molecule has 1 saturated heterocycles. The van der Waals surface area contributed by atoms with E-state index in [0.29, 0.717) is 6.04 Å². The lowest BCUT2D eigenvalue weighted by Gasteiger charge is -2.28. The second-order valence-corrected chi connectivity index (χ2v) is 4.82. The summed E-state index contributed by atoms with van der Waals surface area (Å²) in [6.45, 7) is 5.65. The van der Waals surface area contributed by atoms with Gasteiger partial charge in [-0.3, -0.25) is 4.90 Å². The molecule has 1 fully saturated rings. The average Bonchev–Trinajstić information content (AvgIpc) is 2.86. The highest BCUT2D eigenvalue weighted by atomic mass is 15.2. The first-order chi connectivity index (χ1) is 8.74. The van der Waals surface area contributed by atoms with E-state index >= 15 is 0 Å². The zero-order valence-corrected chi connectivity index (χ0v) is 11.6. The molecule has 1 N–H and O–H groups in total. The first-order valence-corrected chi connectivity index (χ1v) is 6.69. The summed E-state index contributed by atoms with van der Waals surface area (Å²) in [7, 11) is 3.98. The van der Waals surface area contributed by atoms with Crippen molar-refractivity contribution in [3.8, 4) is 0 Å². The van der Waals surface area contributed by atoms with Gasteiger partial charge in [0.05, 0.1) is 0 Å². The summed E-state index contributed by atoms with van der Waals surface area (Å²) in [5.74, 6) is 1.85. The van der Waals surface area contributed by atoms with Crippen molar-refractivity contribution in [3.05, 3.63) is 12.4 Å². The molecule has 100 valence electrons. The molecule has 5 nitrogen and oxygen atoms in total. The zero-order valence-electron chi connectivity index (χ0n) is 11.6. The fourth-order valence-corrected chi connectivity index (χ4v) is 2.62. The maximum Gasteiger partial charge on any atom is 0.133 e. The number of anilines is 2. The molecule has 0 bridgehead atoms. The highest BCUT2D eigenvalue weighted by Gasteiger charge is 2.24. The van der Waals surface area contributed by atoms with Crippen LogP contribution in [-0.4, -0.2) is 54.6 Å². The van der Waals surface area contributed by atoms with Gasteiger partial charge in [0.15, 0.2) is 0 Å². The Balaban J connectivity index is 2.00. The fraction of sp³-hybridized carbons (Fsp3) is 0.692. The van der Waals surface area contributed by atoms with Gasteiger partial charge >= 0.3 is 0 Å². The molecular formula is C13H23N5. The van der Waals surface area contributed by atoms with E-state index in [0.717, 1.165) is 24.7 Å². The van der Waals surface area contributed by atoms with Gasteiger partial charge in [0, 0.05) is 32.7 Å². The molecule has 0 aromatic carbocycles. The number of nitrogens with zero attached hydrogens (tertiary/aromatic N) is 4. The topological polar surface area (TPSA) is 44.3 Å². The monoisotopic (exact) mass is 249 g/mol. The van der Waals surface area contributed by atoms with Crippen molar-refractivity contribution >= 4 is 11.6 Å². The molecule has 2 rings (SSSR count). The Labute approximate surface area is 109 Å². The summed E-state index contributed by atoms with van der Waals surface area (Å²) < 4.78 is 0. The van der Waals surface area contributed by atoms with Gasteiger partial charge in [0.2, 0.25) is 0 Å². The van der Waals surface area contributed by atoms with Crippen molar-refractivity contribution in [3.63, 3.8) is 0 Å². The SMILES string of the molecule is CCN1CCCC1CN(C)c1cc(NC)ncn1. The molecule has 1 atom stereocenters. The fourth-order valence-electron chi connectivity index (χ4n) is 2.62. The Morgan fingerprint density at radius 3 is 3.06 bits per heavy atom. The molecule has 0 amide bonds. The van der Waals surface area contributed by atoms with Crippen LogP contribution in [0.4, 0.5) is 11.6 Å². The Morgan fingerprint density at radius 2 is 2.33 bits per heavy atom. The van der Waals surface area contributed by atoms with Gasteiger partial charge in [-0.1, -0.05) is 6.92 Å². The van der Waals surface area contributed by atoms with Gasteiger partial charge < -0.3 is 10.2 Å². The molecule has 0 spiro atoms. The normalized spacial score (nSPS) is 20.1. The Morgan fingerprint density at radius 1 is 1.50 bits per heavy atom. The molecule has 5 heteroatoms. The third-order valence-corrected chi connectivity index (χ3v) is 3.69. The van der Waals surface area contributed by atoms with Gasteiger partial charge in [-0.25, -0.2) is 9.97 Å². The quantitative estimate of drug-likeness (QED) is 0.855. The van der Waals surface area contributed by atoms with Gasteiger partial charge in [-0.05, 0) is 25.9 Å². The molecule has 1 unspecified atom stereocenters. The molecule has 2 heterocycles. The van der Waals surface area contributed by atoms with E-state index in [1.165, 1.54) is 19.4 Å². The van der Waals surface area contributed by atoms with E-state index in [1.54, 1.807) is 6.33 Å². The lowest BCUT2D eigenvalue weighted by Crippen LogP contribution is -2.39. The third kappa shape index (κ3) is 2.90. The van der Waals surface area contributed by atoms with Crippen molar-refractivity contribution in [2.75, 3.05) is 43.9 Å². The Kier molecular flexibility index (Phi) is 4.36. The van der Waals surface area contributed by atoms with Crippen molar-refractivity contribution < 1.29 is 0 Å². The highest BCUT2D eigenvalue weighted by Crippen LogP contribution is 2.20. The van der Waals surface area contributed by atoms with Crippen LogP contribution in [0.15, 0.2) is 12.4 Å². The molecular weight excluding hydrogens is 226 g/mol. The molecule has 0 aliphatic carbocycles.